The van der Waals surface area contributed by atoms with Crippen LogP contribution in [0.2, 0.25) is 0 Å². The van der Waals surface area contributed by atoms with Crippen LogP contribution in [0.3, 0.4) is 0 Å². The minimum atomic E-state index is -0.259. The molecule has 1 aliphatic rings. The molecule has 0 saturated carbocycles. The second-order valence-electron chi connectivity index (χ2n) is 7.84. The molecule has 0 atom stereocenters. The topological polar surface area (TPSA) is 65.8 Å². The van der Waals surface area contributed by atoms with E-state index in [2.05, 4.69) is 37.6 Å². The summed E-state index contributed by atoms with van der Waals surface area (Å²) in [7, 11) is 1.73. The number of ether oxygens (including phenoxy) is 3. The highest BCUT2D eigenvalue weighted by molar-refractivity contribution is 9.10. The molecule has 0 spiro atoms. The molecule has 2 aromatic carbocycles. The number of hydrogen-bond acceptors (Lipinski definition) is 6. The first-order chi connectivity index (χ1) is 15.6. The predicted molar refractivity (Wildman–Crippen MR) is 126 cm³/mol. The number of aromatic nitrogens is 2. The van der Waals surface area contributed by atoms with E-state index in [0.717, 1.165) is 52.9 Å². The zero-order valence-corrected chi connectivity index (χ0v) is 20.0. The maximum absolute atomic E-state index is 12.0. The lowest BCUT2D eigenvalue weighted by molar-refractivity contribution is -0.142. The van der Waals surface area contributed by atoms with Crippen molar-refractivity contribution in [2.45, 2.75) is 26.0 Å². The van der Waals surface area contributed by atoms with E-state index < -0.39 is 0 Å². The van der Waals surface area contributed by atoms with E-state index in [1.54, 1.807) is 14.0 Å². The lowest BCUT2D eigenvalue weighted by Gasteiger charge is -2.39. The van der Waals surface area contributed by atoms with Crippen molar-refractivity contribution < 1.29 is 19.0 Å². The number of rotatable bonds is 10. The number of para-hydroxylation sites is 1. The van der Waals surface area contributed by atoms with Gasteiger partial charge in [0.15, 0.2) is 0 Å². The fraction of sp³-hybridized carbons (Fsp3) is 0.417. The molecule has 0 aliphatic carbocycles. The van der Waals surface area contributed by atoms with Gasteiger partial charge in [0.05, 0.1) is 31.2 Å². The third-order valence-electron chi connectivity index (χ3n) is 5.62. The molecule has 2 heterocycles. The molecule has 0 radical (unpaired) electrons. The van der Waals surface area contributed by atoms with Crippen LogP contribution in [0.15, 0.2) is 46.9 Å². The van der Waals surface area contributed by atoms with Crippen LogP contribution in [0.25, 0.3) is 10.9 Å². The van der Waals surface area contributed by atoms with E-state index in [0.29, 0.717) is 25.0 Å². The standard InChI is InChI=1S/C24H28BrN3O4/c1-3-31-24(29)12-17-6-4-5-7-23(17)32-16-21-20-13-18(25)8-9-22(20)28(26-21)19-14-27(15-19)10-11-30-2/h4-9,13,19H,3,10-12,14-16H2,1-2H3. The van der Waals surface area contributed by atoms with Gasteiger partial charge in [0, 0.05) is 42.2 Å². The van der Waals surface area contributed by atoms with Crippen molar-refractivity contribution in [1.29, 1.82) is 0 Å². The number of carbonyl (C=O) groups excluding carboxylic acids is 1. The Hall–Kier alpha value is -2.42. The molecule has 4 rings (SSSR count). The van der Waals surface area contributed by atoms with Crippen molar-refractivity contribution in [1.82, 2.24) is 14.7 Å². The molecule has 7 nitrogen and oxygen atoms in total. The molecule has 0 amide bonds. The van der Waals surface area contributed by atoms with Crippen LogP contribution in [-0.4, -0.2) is 60.6 Å². The minimum Gasteiger partial charge on any atom is -0.487 e. The van der Waals surface area contributed by atoms with E-state index >= 15 is 0 Å². The molecule has 0 unspecified atom stereocenters. The molecule has 1 saturated heterocycles. The minimum absolute atomic E-state index is 0.185. The summed E-state index contributed by atoms with van der Waals surface area (Å²) in [5, 5.41) is 5.99. The summed E-state index contributed by atoms with van der Waals surface area (Å²) < 4.78 is 19.5. The summed E-state index contributed by atoms with van der Waals surface area (Å²) >= 11 is 3.58. The fourth-order valence-corrected chi connectivity index (χ4v) is 4.33. The van der Waals surface area contributed by atoms with Gasteiger partial charge in [-0.1, -0.05) is 34.1 Å². The normalized spacial score (nSPS) is 14.5. The van der Waals surface area contributed by atoms with Crippen molar-refractivity contribution in [2.75, 3.05) is 40.0 Å². The van der Waals surface area contributed by atoms with Gasteiger partial charge in [-0.05, 0) is 31.2 Å². The van der Waals surface area contributed by atoms with Crippen LogP contribution in [0.1, 0.15) is 24.2 Å². The zero-order valence-electron chi connectivity index (χ0n) is 18.4. The maximum atomic E-state index is 12.0. The average Bonchev–Trinajstić information content (AvgIpc) is 3.09. The Morgan fingerprint density at radius 2 is 2.03 bits per heavy atom. The van der Waals surface area contributed by atoms with Gasteiger partial charge in [0.1, 0.15) is 18.1 Å². The third-order valence-corrected chi connectivity index (χ3v) is 6.11. The van der Waals surface area contributed by atoms with E-state index in [1.165, 1.54) is 0 Å². The van der Waals surface area contributed by atoms with Crippen molar-refractivity contribution in [3.8, 4) is 5.75 Å². The van der Waals surface area contributed by atoms with Gasteiger partial charge >= 0.3 is 5.97 Å². The highest BCUT2D eigenvalue weighted by atomic mass is 79.9. The molecular weight excluding hydrogens is 474 g/mol. The van der Waals surface area contributed by atoms with Crippen LogP contribution in [-0.2, 0) is 27.3 Å². The number of hydrogen-bond donors (Lipinski definition) is 0. The number of carbonyl (C=O) groups is 1. The quantitative estimate of drug-likeness (QED) is 0.391. The van der Waals surface area contributed by atoms with E-state index in [-0.39, 0.29) is 12.4 Å². The molecular formula is C24H28BrN3O4. The van der Waals surface area contributed by atoms with Gasteiger partial charge in [-0.25, -0.2) is 0 Å². The number of halogens is 1. The molecule has 0 N–H and O–H groups in total. The van der Waals surface area contributed by atoms with Crippen molar-refractivity contribution in [3.05, 3.63) is 58.2 Å². The Balaban J connectivity index is 1.52. The van der Waals surface area contributed by atoms with Gasteiger partial charge < -0.3 is 14.2 Å². The monoisotopic (exact) mass is 501 g/mol. The van der Waals surface area contributed by atoms with Crippen LogP contribution in [0.4, 0.5) is 0 Å². The Morgan fingerprint density at radius 3 is 2.81 bits per heavy atom. The number of methoxy groups -OCH3 is 1. The summed E-state index contributed by atoms with van der Waals surface area (Å²) in [5.74, 6) is 0.415. The van der Waals surface area contributed by atoms with E-state index in [4.69, 9.17) is 19.3 Å². The number of benzene rings is 2. The number of fused-ring (bicyclic) bond motifs is 1. The van der Waals surface area contributed by atoms with Crippen LogP contribution in [0.5, 0.6) is 5.75 Å². The smallest absolute Gasteiger partial charge is 0.310 e. The van der Waals surface area contributed by atoms with Crippen molar-refractivity contribution in [3.63, 3.8) is 0 Å². The molecule has 3 aromatic rings. The second kappa shape index (κ2) is 10.5. The van der Waals surface area contributed by atoms with Gasteiger partial charge in [-0.15, -0.1) is 0 Å². The highest BCUT2D eigenvalue weighted by Gasteiger charge is 2.30. The largest absolute Gasteiger partial charge is 0.487 e. The molecule has 1 aromatic heterocycles. The third kappa shape index (κ3) is 5.14. The average molecular weight is 502 g/mol. The lowest BCUT2D eigenvalue weighted by atomic mass is 10.1. The Labute approximate surface area is 196 Å². The van der Waals surface area contributed by atoms with Crippen molar-refractivity contribution >= 4 is 32.8 Å². The SMILES string of the molecule is CCOC(=O)Cc1ccccc1OCc1nn(C2CN(CCOC)C2)c2ccc(Br)cc12. The van der Waals surface area contributed by atoms with Crippen LogP contribution >= 0.6 is 15.9 Å². The number of likely N-dealkylation sites (tertiary alicyclic amines) is 1. The molecule has 1 aliphatic heterocycles. The summed E-state index contributed by atoms with van der Waals surface area (Å²) in [4.78, 5) is 14.3. The summed E-state index contributed by atoms with van der Waals surface area (Å²) in [5.41, 5.74) is 2.79. The Bertz CT molecular complexity index is 1080. The predicted octanol–water partition coefficient (Wildman–Crippen LogP) is 3.99. The van der Waals surface area contributed by atoms with Crippen LogP contribution in [0, 0.1) is 0 Å². The first-order valence-corrected chi connectivity index (χ1v) is 11.6. The second-order valence-corrected chi connectivity index (χ2v) is 8.75. The molecule has 8 heteroatoms. The molecule has 0 bridgehead atoms. The Kier molecular flexibility index (Phi) is 7.44. The number of nitrogens with zero attached hydrogens (tertiary/aromatic N) is 3. The Morgan fingerprint density at radius 1 is 1.22 bits per heavy atom. The van der Waals surface area contributed by atoms with Gasteiger partial charge in [-0.3, -0.25) is 14.4 Å². The molecule has 170 valence electrons. The summed E-state index contributed by atoms with van der Waals surface area (Å²) in [6.45, 7) is 6.08. The molecule has 32 heavy (non-hydrogen) atoms. The summed E-state index contributed by atoms with van der Waals surface area (Å²) in [6.07, 6.45) is 0.185. The van der Waals surface area contributed by atoms with E-state index in [9.17, 15) is 4.79 Å². The first kappa shape index (κ1) is 22.8. The van der Waals surface area contributed by atoms with Gasteiger partial charge in [0.25, 0.3) is 0 Å². The van der Waals surface area contributed by atoms with Crippen LogP contribution < -0.4 is 4.74 Å². The summed E-state index contributed by atoms with van der Waals surface area (Å²) in [6, 6.07) is 14.1. The lowest BCUT2D eigenvalue weighted by Crippen LogP contribution is -2.49. The van der Waals surface area contributed by atoms with Crippen molar-refractivity contribution in [2.24, 2.45) is 0 Å². The van der Waals surface area contributed by atoms with Gasteiger partial charge in [0.2, 0.25) is 0 Å². The van der Waals surface area contributed by atoms with Gasteiger partial charge in [-0.2, -0.15) is 5.10 Å². The van der Waals surface area contributed by atoms with E-state index in [1.807, 2.05) is 30.3 Å². The first-order valence-electron chi connectivity index (χ1n) is 10.8. The highest BCUT2D eigenvalue weighted by Crippen LogP contribution is 2.30. The fourth-order valence-electron chi connectivity index (χ4n) is 3.97. The maximum Gasteiger partial charge on any atom is 0.310 e. The zero-order chi connectivity index (χ0) is 22.5. The number of esters is 1. The molecule has 1 fully saturated rings.